The molecule has 0 spiro atoms. The van der Waals surface area contributed by atoms with Crippen LogP contribution in [-0.2, 0) is 4.79 Å². The van der Waals surface area contributed by atoms with Crippen molar-refractivity contribution in [3.63, 3.8) is 0 Å². The number of amides is 1. The molecule has 1 aliphatic rings. The standard InChI is InChI=1S/C19H19N3O2S/c23-18(14-24-15-6-2-1-3-7-15)21-10-12-22(13-11-21)19-20-16-8-4-5-9-17(16)25-19/h1-9H,10-14H2. The van der Waals surface area contributed by atoms with Crippen LogP contribution in [0.4, 0.5) is 5.13 Å². The van der Waals surface area contributed by atoms with Crippen molar-refractivity contribution in [1.29, 1.82) is 0 Å². The van der Waals surface area contributed by atoms with Crippen LogP contribution in [0, 0.1) is 0 Å². The Balaban J connectivity index is 1.32. The fourth-order valence-electron chi connectivity index (χ4n) is 2.90. The van der Waals surface area contributed by atoms with E-state index in [0.29, 0.717) is 13.1 Å². The predicted molar refractivity (Wildman–Crippen MR) is 100 cm³/mol. The van der Waals surface area contributed by atoms with Gasteiger partial charge < -0.3 is 14.5 Å². The summed E-state index contributed by atoms with van der Waals surface area (Å²) >= 11 is 1.71. The maximum atomic E-state index is 12.3. The van der Waals surface area contributed by atoms with Crippen LogP contribution in [0.3, 0.4) is 0 Å². The molecule has 1 aliphatic heterocycles. The number of rotatable bonds is 4. The Kier molecular flexibility index (Phi) is 4.52. The number of hydrogen-bond acceptors (Lipinski definition) is 5. The zero-order chi connectivity index (χ0) is 17.1. The second-order valence-electron chi connectivity index (χ2n) is 5.93. The zero-order valence-electron chi connectivity index (χ0n) is 13.8. The predicted octanol–water partition coefficient (Wildman–Crippen LogP) is 3.02. The summed E-state index contributed by atoms with van der Waals surface area (Å²) in [6.45, 7) is 3.10. The molecule has 3 aromatic rings. The fraction of sp³-hybridized carbons (Fsp3) is 0.263. The minimum absolute atomic E-state index is 0.0350. The number of para-hydroxylation sites is 2. The van der Waals surface area contributed by atoms with E-state index in [-0.39, 0.29) is 12.5 Å². The molecule has 0 atom stereocenters. The lowest BCUT2D eigenvalue weighted by molar-refractivity contribution is -0.133. The summed E-state index contributed by atoms with van der Waals surface area (Å²) < 4.78 is 6.76. The van der Waals surface area contributed by atoms with Gasteiger partial charge in [0.05, 0.1) is 10.2 Å². The maximum Gasteiger partial charge on any atom is 0.260 e. The monoisotopic (exact) mass is 353 g/mol. The summed E-state index contributed by atoms with van der Waals surface area (Å²) in [7, 11) is 0. The van der Waals surface area contributed by atoms with E-state index in [1.54, 1.807) is 11.3 Å². The van der Waals surface area contributed by atoms with Crippen molar-refractivity contribution in [3.05, 3.63) is 54.6 Å². The van der Waals surface area contributed by atoms with Gasteiger partial charge in [-0.05, 0) is 24.3 Å². The molecule has 5 nitrogen and oxygen atoms in total. The minimum Gasteiger partial charge on any atom is -0.484 e. The van der Waals surface area contributed by atoms with Crippen LogP contribution in [0.2, 0.25) is 0 Å². The largest absolute Gasteiger partial charge is 0.484 e. The lowest BCUT2D eigenvalue weighted by Crippen LogP contribution is -2.50. The van der Waals surface area contributed by atoms with Crippen molar-refractivity contribution < 1.29 is 9.53 Å². The first kappa shape index (κ1) is 15.9. The molecule has 0 unspecified atom stereocenters. The van der Waals surface area contributed by atoms with Crippen LogP contribution in [0.25, 0.3) is 10.2 Å². The zero-order valence-corrected chi connectivity index (χ0v) is 14.6. The molecule has 4 rings (SSSR count). The third-order valence-corrected chi connectivity index (χ3v) is 5.39. The highest BCUT2D eigenvalue weighted by atomic mass is 32.1. The van der Waals surface area contributed by atoms with Gasteiger partial charge in [-0.1, -0.05) is 41.7 Å². The molecule has 0 aliphatic carbocycles. The molecule has 0 saturated carbocycles. The first-order valence-corrected chi connectivity index (χ1v) is 9.17. The summed E-state index contributed by atoms with van der Waals surface area (Å²) in [5, 5.41) is 1.04. The Labute approximate surface area is 150 Å². The summed E-state index contributed by atoms with van der Waals surface area (Å²) in [6, 6.07) is 17.6. The summed E-state index contributed by atoms with van der Waals surface area (Å²) in [5.41, 5.74) is 1.04. The summed E-state index contributed by atoms with van der Waals surface area (Å²) in [5.74, 6) is 0.761. The summed E-state index contributed by atoms with van der Waals surface area (Å²) in [4.78, 5) is 21.1. The first-order valence-electron chi connectivity index (χ1n) is 8.36. The fourth-order valence-corrected chi connectivity index (χ4v) is 3.91. The highest BCUT2D eigenvalue weighted by Gasteiger charge is 2.23. The summed E-state index contributed by atoms with van der Waals surface area (Å²) in [6.07, 6.45) is 0. The van der Waals surface area contributed by atoms with Gasteiger partial charge in [0.15, 0.2) is 11.7 Å². The van der Waals surface area contributed by atoms with Gasteiger partial charge in [-0.2, -0.15) is 0 Å². The number of aromatic nitrogens is 1. The molecule has 0 radical (unpaired) electrons. The minimum atomic E-state index is 0.0350. The Morgan fingerprint density at radius 1 is 1.00 bits per heavy atom. The van der Waals surface area contributed by atoms with Gasteiger partial charge in [0.2, 0.25) is 0 Å². The van der Waals surface area contributed by atoms with Crippen LogP contribution < -0.4 is 9.64 Å². The molecule has 2 heterocycles. The number of carbonyl (C=O) groups excluding carboxylic acids is 1. The number of anilines is 1. The van der Waals surface area contributed by atoms with E-state index in [0.717, 1.165) is 29.5 Å². The van der Waals surface area contributed by atoms with E-state index in [1.807, 2.05) is 53.4 Å². The lowest BCUT2D eigenvalue weighted by Gasteiger charge is -2.34. The molecule has 1 saturated heterocycles. The third-order valence-electron chi connectivity index (χ3n) is 4.29. The maximum absolute atomic E-state index is 12.3. The number of fused-ring (bicyclic) bond motifs is 1. The second-order valence-corrected chi connectivity index (χ2v) is 6.94. The number of carbonyl (C=O) groups is 1. The van der Waals surface area contributed by atoms with Crippen LogP contribution in [0.5, 0.6) is 5.75 Å². The van der Waals surface area contributed by atoms with E-state index >= 15 is 0 Å². The number of benzene rings is 2. The highest BCUT2D eigenvalue weighted by molar-refractivity contribution is 7.22. The highest BCUT2D eigenvalue weighted by Crippen LogP contribution is 2.29. The van der Waals surface area contributed by atoms with Crippen LogP contribution in [0.15, 0.2) is 54.6 Å². The van der Waals surface area contributed by atoms with Gasteiger partial charge in [0.25, 0.3) is 5.91 Å². The van der Waals surface area contributed by atoms with Crippen molar-refractivity contribution in [2.24, 2.45) is 0 Å². The van der Waals surface area contributed by atoms with Gasteiger partial charge in [-0.15, -0.1) is 0 Å². The SMILES string of the molecule is O=C(COc1ccccc1)N1CCN(c2nc3ccccc3s2)CC1. The van der Waals surface area contributed by atoms with Crippen molar-refractivity contribution in [3.8, 4) is 5.75 Å². The van der Waals surface area contributed by atoms with Gasteiger partial charge >= 0.3 is 0 Å². The molecule has 0 N–H and O–H groups in total. The number of piperazine rings is 1. The number of nitrogens with zero attached hydrogens (tertiary/aromatic N) is 3. The van der Waals surface area contributed by atoms with Gasteiger partial charge in [0.1, 0.15) is 5.75 Å². The molecule has 1 amide bonds. The van der Waals surface area contributed by atoms with Crippen LogP contribution >= 0.6 is 11.3 Å². The average Bonchev–Trinajstić information content (AvgIpc) is 3.11. The average molecular weight is 353 g/mol. The van der Waals surface area contributed by atoms with Crippen LogP contribution in [0.1, 0.15) is 0 Å². The molecular weight excluding hydrogens is 334 g/mol. The normalized spacial score (nSPS) is 14.7. The number of thiazole rings is 1. The van der Waals surface area contributed by atoms with Crippen LogP contribution in [-0.4, -0.2) is 48.6 Å². The quantitative estimate of drug-likeness (QED) is 0.723. The number of ether oxygens (including phenoxy) is 1. The molecular formula is C19H19N3O2S. The molecule has 128 valence electrons. The molecule has 1 aromatic heterocycles. The van der Waals surface area contributed by atoms with Crippen molar-refractivity contribution in [2.45, 2.75) is 0 Å². The molecule has 25 heavy (non-hydrogen) atoms. The third kappa shape index (κ3) is 3.58. The van der Waals surface area contributed by atoms with E-state index in [9.17, 15) is 4.79 Å². The van der Waals surface area contributed by atoms with E-state index < -0.39 is 0 Å². The molecule has 0 bridgehead atoms. The lowest BCUT2D eigenvalue weighted by atomic mass is 10.3. The van der Waals surface area contributed by atoms with E-state index in [2.05, 4.69) is 11.0 Å². The Morgan fingerprint density at radius 3 is 2.48 bits per heavy atom. The second kappa shape index (κ2) is 7.11. The van der Waals surface area contributed by atoms with Crippen molar-refractivity contribution >= 4 is 32.6 Å². The number of hydrogen-bond donors (Lipinski definition) is 0. The Bertz CT molecular complexity index is 824. The van der Waals surface area contributed by atoms with Gasteiger partial charge in [-0.3, -0.25) is 4.79 Å². The smallest absolute Gasteiger partial charge is 0.260 e. The Morgan fingerprint density at radius 2 is 1.72 bits per heavy atom. The molecule has 6 heteroatoms. The molecule has 1 fully saturated rings. The van der Waals surface area contributed by atoms with E-state index in [4.69, 9.17) is 9.72 Å². The van der Waals surface area contributed by atoms with Gasteiger partial charge in [0, 0.05) is 26.2 Å². The Hall–Kier alpha value is -2.60. The molecule has 2 aromatic carbocycles. The van der Waals surface area contributed by atoms with Crippen molar-refractivity contribution in [2.75, 3.05) is 37.7 Å². The van der Waals surface area contributed by atoms with Crippen molar-refractivity contribution in [1.82, 2.24) is 9.88 Å². The van der Waals surface area contributed by atoms with Gasteiger partial charge in [-0.25, -0.2) is 4.98 Å². The topological polar surface area (TPSA) is 45.7 Å². The van der Waals surface area contributed by atoms with E-state index in [1.165, 1.54) is 4.70 Å². The first-order chi connectivity index (χ1) is 12.3.